The fraction of sp³-hybridized carbons (Fsp3) is 0.778. The quantitative estimate of drug-likeness (QED) is 0.687. The van der Waals surface area contributed by atoms with E-state index in [1.807, 2.05) is 6.92 Å². The van der Waals surface area contributed by atoms with Gasteiger partial charge in [-0.25, -0.2) is 0 Å². The molecule has 0 aliphatic carbocycles. The molecular weight excluding hydrogens is 172 g/mol. The van der Waals surface area contributed by atoms with Crippen molar-refractivity contribution in [3.8, 4) is 0 Å². The van der Waals surface area contributed by atoms with Gasteiger partial charge in [0.2, 0.25) is 0 Å². The van der Waals surface area contributed by atoms with Crippen LogP contribution in [0.25, 0.3) is 0 Å². The van der Waals surface area contributed by atoms with Gasteiger partial charge >= 0.3 is 11.9 Å². The van der Waals surface area contributed by atoms with Gasteiger partial charge in [0.25, 0.3) is 0 Å². The summed E-state index contributed by atoms with van der Waals surface area (Å²) in [5, 5.41) is 7.91. The first kappa shape index (κ1) is 14.5. The molecule has 4 heteroatoms. The van der Waals surface area contributed by atoms with Gasteiger partial charge in [0.05, 0.1) is 6.61 Å². The fourth-order valence-electron chi connectivity index (χ4n) is 0.477. The highest BCUT2D eigenvalue weighted by molar-refractivity contribution is 5.68. The summed E-state index contributed by atoms with van der Waals surface area (Å²) in [4.78, 5) is 19.8. The zero-order valence-electron chi connectivity index (χ0n) is 8.50. The van der Waals surface area contributed by atoms with Crippen molar-refractivity contribution in [2.45, 2.75) is 40.0 Å². The summed E-state index contributed by atoms with van der Waals surface area (Å²) in [6.45, 7) is 5.91. The van der Waals surface area contributed by atoms with Gasteiger partial charge in [-0.15, -0.1) is 0 Å². The predicted molar refractivity (Wildman–Crippen MR) is 49.5 cm³/mol. The standard InChI is InChI=1S/C5H10O2.C4H8O2/c1-3-5(6)7-4-2;1-2-3-4(5)6/h3-4H2,1-2H3;2-3H2,1H3,(H,5,6). The summed E-state index contributed by atoms with van der Waals surface area (Å²) in [5.41, 5.74) is 0. The van der Waals surface area contributed by atoms with E-state index >= 15 is 0 Å². The van der Waals surface area contributed by atoms with Crippen LogP contribution in [0.2, 0.25) is 0 Å². The molecule has 0 unspecified atom stereocenters. The van der Waals surface area contributed by atoms with Crippen LogP contribution in [0.5, 0.6) is 0 Å². The molecule has 0 rings (SSSR count). The van der Waals surface area contributed by atoms with Crippen LogP contribution in [0.1, 0.15) is 40.0 Å². The maximum atomic E-state index is 10.2. The van der Waals surface area contributed by atoms with Crippen LogP contribution in [-0.4, -0.2) is 23.7 Å². The van der Waals surface area contributed by atoms with E-state index in [1.54, 1.807) is 13.8 Å². The molecule has 0 spiro atoms. The second kappa shape index (κ2) is 10.9. The number of hydrogen-bond acceptors (Lipinski definition) is 3. The molecule has 13 heavy (non-hydrogen) atoms. The lowest BCUT2D eigenvalue weighted by Gasteiger charge is -1.93. The first-order chi connectivity index (χ1) is 6.08. The van der Waals surface area contributed by atoms with Crippen molar-refractivity contribution in [2.24, 2.45) is 0 Å². The smallest absolute Gasteiger partial charge is 0.305 e. The number of carbonyl (C=O) groups excluding carboxylic acids is 1. The average Bonchev–Trinajstić information content (AvgIpc) is 2.05. The highest BCUT2D eigenvalue weighted by Crippen LogP contribution is 1.82. The molecule has 0 aliphatic rings. The summed E-state index contributed by atoms with van der Waals surface area (Å²) >= 11 is 0. The molecule has 4 nitrogen and oxygen atoms in total. The van der Waals surface area contributed by atoms with E-state index in [9.17, 15) is 9.59 Å². The Morgan fingerprint density at radius 2 is 1.77 bits per heavy atom. The predicted octanol–water partition coefficient (Wildman–Crippen LogP) is 1.83. The molecule has 0 amide bonds. The van der Waals surface area contributed by atoms with Gasteiger partial charge in [-0.1, -0.05) is 13.8 Å². The normalized spacial score (nSPS) is 8.23. The van der Waals surface area contributed by atoms with Gasteiger partial charge in [0, 0.05) is 12.8 Å². The van der Waals surface area contributed by atoms with Gasteiger partial charge in [0.1, 0.15) is 0 Å². The zero-order chi connectivity index (χ0) is 10.7. The third kappa shape index (κ3) is 18.2. The molecule has 0 heterocycles. The van der Waals surface area contributed by atoms with Crippen molar-refractivity contribution < 1.29 is 19.4 Å². The van der Waals surface area contributed by atoms with Gasteiger partial charge in [0.15, 0.2) is 0 Å². The molecule has 0 aromatic rings. The molecule has 0 fully saturated rings. The number of ether oxygens (including phenoxy) is 1. The Kier molecular flexibility index (Phi) is 12.2. The molecule has 0 bridgehead atoms. The molecular formula is C9H18O4. The molecule has 78 valence electrons. The SMILES string of the molecule is CCCC(=O)O.CCOC(=O)CC. The van der Waals surface area contributed by atoms with Crippen LogP contribution in [0.15, 0.2) is 0 Å². The van der Waals surface area contributed by atoms with Gasteiger partial charge in [-0.2, -0.15) is 0 Å². The second-order valence-electron chi connectivity index (χ2n) is 2.30. The van der Waals surface area contributed by atoms with Crippen molar-refractivity contribution >= 4 is 11.9 Å². The van der Waals surface area contributed by atoms with Crippen LogP contribution < -0.4 is 0 Å². The van der Waals surface area contributed by atoms with Crippen molar-refractivity contribution in [3.05, 3.63) is 0 Å². The first-order valence-electron chi connectivity index (χ1n) is 4.45. The number of carboxylic acids is 1. The molecule has 1 N–H and O–H groups in total. The molecule has 0 saturated heterocycles. The maximum Gasteiger partial charge on any atom is 0.305 e. The van der Waals surface area contributed by atoms with Crippen LogP contribution in [0.3, 0.4) is 0 Å². The molecule has 0 aliphatic heterocycles. The van der Waals surface area contributed by atoms with Crippen molar-refractivity contribution in [2.75, 3.05) is 6.61 Å². The summed E-state index contributed by atoms with van der Waals surface area (Å²) < 4.78 is 4.55. The topological polar surface area (TPSA) is 63.6 Å². The second-order valence-corrected chi connectivity index (χ2v) is 2.30. The summed E-state index contributed by atoms with van der Waals surface area (Å²) in [5.74, 6) is -0.833. The van der Waals surface area contributed by atoms with E-state index in [-0.39, 0.29) is 5.97 Å². The van der Waals surface area contributed by atoms with E-state index in [1.165, 1.54) is 0 Å². The van der Waals surface area contributed by atoms with Crippen LogP contribution in [-0.2, 0) is 14.3 Å². The van der Waals surface area contributed by atoms with Crippen LogP contribution in [0, 0.1) is 0 Å². The Labute approximate surface area is 78.9 Å². The van der Waals surface area contributed by atoms with Crippen LogP contribution >= 0.6 is 0 Å². The minimum atomic E-state index is -0.711. The van der Waals surface area contributed by atoms with Crippen LogP contribution in [0.4, 0.5) is 0 Å². The number of carboxylic acid groups (broad SMARTS) is 1. The summed E-state index contributed by atoms with van der Waals surface area (Å²) in [7, 11) is 0. The highest BCUT2D eigenvalue weighted by atomic mass is 16.5. The van der Waals surface area contributed by atoms with Crippen molar-refractivity contribution in [1.29, 1.82) is 0 Å². The Hall–Kier alpha value is -1.06. The Morgan fingerprint density at radius 3 is 1.85 bits per heavy atom. The molecule has 0 atom stereocenters. The zero-order valence-corrected chi connectivity index (χ0v) is 8.50. The number of esters is 1. The van der Waals surface area contributed by atoms with Gasteiger partial charge in [-0.05, 0) is 13.3 Å². The minimum absolute atomic E-state index is 0.123. The lowest BCUT2D eigenvalue weighted by atomic mass is 10.4. The first-order valence-corrected chi connectivity index (χ1v) is 4.45. The lowest BCUT2D eigenvalue weighted by molar-refractivity contribution is -0.142. The van der Waals surface area contributed by atoms with E-state index in [0.29, 0.717) is 19.4 Å². The van der Waals surface area contributed by atoms with Crippen molar-refractivity contribution in [3.63, 3.8) is 0 Å². The van der Waals surface area contributed by atoms with E-state index in [2.05, 4.69) is 4.74 Å². The van der Waals surface area contributed by atoms with E-state index < -0.39 is 5.97 Å². The monoisotopic (exact) mass is 190 g/mol. The largest absolute Gasteiger partial charge is 0.481 e. The molecule has 0 aromatic carbocycles. The third-order valence-electron chi connectivity index (χ3n) is 1.06. The maximum absolute atomic E-state index is 10.2. The third-order valence-corrected chi connectivity index (χ3v) is 1.06. The van der Waals surface area contributed by atoms with Crippen molar-refractivity contribution in [1.82, 2.24) is 0 Å². The Morgan fingerprint density at radius 1 is 1.23 bits per heavy atom. The Bertz CT molecular complexity index is 143. The number of hydrogen-bond donors (Lipinski definition) is 1. The highest BCUT2D eigenvalue weighted by Gasteiger charge is 1.91. The summed E-state index contributed by atoms with van der Waals surface area (Å²) in [6.07, 6.45) is 1.50. The average molecular weight is 190 g/mol. The molecule has 0 aromatic heterocycles. The lowest BCUT2D eigenvalue weighted by Crippen LogP contribution is -2.00. The van der Waals surface area contributed by atoms with Gasteiger partial charge < -0.3 is 9.84 Å². The Balaban J connectivity index is 0. The number of aliphatic carboxylic acids is 1. The van der Waals surface area contributed by atoms with E-state index in [4.69, 9.17) is 5.11 Å². The molecule has 0 radical (unpaired) electrons. The number of rotatable bonds is 4. The summed E-state index contributed by atoms with van der Waals surface area (Å²) in [6, 6.07) is 0. The van der Waals surface area contributed by atoms with E-state index in [0.717, 1.165) is 6.42 Å². The minimum Gasteiger partial charge on any atom is -0.481 e. The van der Waals surface area contributed by atoms with Gasteiger partial charge in [-0.3, -0.25) is 9.59 Å². The number of carbonyl (C=O) groups is 2. The molecule has 0 saturated carbocycles. The fourth-order valence-corrected chi connectivity index (χ4v) is 0.477.